The fourth-order valence-electron chi connectivity index (χ4n) is 2.74. The SMILES string of the molecule is COc1ccc(-c2c(Cl)cc(Nc3n[nH]c(N)n3)cc2C(F)(F)F)cc1C(F)(F)F. The van der Waals surface area contributed by atoms with E-state index in [9.17, 15) is 26.3 Å². The highest BCUT2D eigenvalue weighted by Crippen LogP contribution is 2.45. The van der Waals surface area contributed by atoms with Crippen molar-refractivity contribution >= 4 is 29.2 Å². The normalized spacial score (nSPS) is 12.1. The molecule has 0 aliphatic heterocycles. The summed E-state index contributed by atoms with van der Waals surface area (Å²) in [7, 11) is 1.02. The molecule has 3 rings (SSSR count). The summed E-state index contributed by atoms with van der Waals surface area (Å²) in [5.41, 5.74) is 1.74. The number of nitrogens with zero attached hydrogens (tertiary/aromatic N) is 2. The molecule has 13 heteroatoms. The maximum atomic E-state index is 13.7. The number of halogens is 7. The quantitative estimate of drug-likeness (QED) is 0.456. The zero-order valence-electron chi connectivity index (χ0n) is 14.9. The van der Waals surface area contributed by atoms with Crippen molar-refractivity contribution in [3.63, 3.8) is 0 Å². The summed E-state index contributed by atoms with van der Waals surface area (Å²) in [4.78, 5) is 3.70. The standard InChI is InChI=1S/C17H12ClF6N5O/c1-30-12-3-2-7(4-9(12)16(19,20)21)13-10(17(22,23)24)5-8(6-11(13)18)26-15-27-14(25)28-29-15/h2-6H,1H3,(H4,25,26,27,28,29). The Balaban J connectivity index is 2.17. The Hall–Kier alpha value is -3.15. The Labute approximate surface area is 170 Å². The third-order valence-corrected chi connectivity index (χ3v) is 4.25. The molecule has 0 atom stereocenters. The van der Waals surface area contributed by atoms with Crippen LogP contribution in [0.1, 0.15) is 11.1 Å². The predicted octanol–water partition coefficient (Wildman–Crippen LogP) is 5.50. The number of nitrogens with two attached hydrogens (primary N) is 1. The fraction of sp³-hybridized carbons (Fsp3) is 0.176. The summed E-state index contributed by atoms with van der Waals surface area (Å²) in [5.74, 6) is -0.723. The van der Waals surface area contributed by atoms with Gasteiger partial charge in [-0.05, 0) is 29.8 Å². The van der Waals surface area contributed by atoms with Gasteiger partial charge in [-0.25, -0.2) is 5.10 Å². The fourth-order valence-corrected chi connectivity index (χ4v) is 3.07. The molecule has 0 unspecified atom stereocenters. The zero-order chi connectivity index (χ0) is 22.3. The number of methoxy groups -OCH3 is 1. The molecule has 160 valence electrons. The minimum atomic E-state index is -4.92. The lowest BCUT2D eigenvalue weighted by Crippen LogP contribution is -2.10. The van der Waals surface area contributed by atoms with Crippen LogP contribution in [0.5, 0.6) is 5.75 Å². The number of H-pyrrole nitrogens is 1. The van der Waals surface area contributed by atoms with Crippen LogP contribution in [0.4, 0.5) is 43.9 Å². The first-order valence-electron chi connectivity index (χ1n) is 8.01. The molecule has 0 aliphatic rings. The number of anilines is 3. The van der Waals surface area contributed by atoms with Gasteiger partial charge in [0.1, 0.15) is 5.75 Å². The molecular formula is C17H12ClF6N5O. The van der Waals surface area contributed by atoms with Gasteiger partial charge in [0.2, 0.25) is 11.9 Å². The van der Waals surface area contributed by atoms with Crippen LogP contribution in [0.25, 0.3) is 11.1 Å². The van der Waals surface area contributed by atoms with Gasteiger partial charge in [-0.2, -0.15) is 31.3 Å². The van der Waals surface area contributed by atoms with E-state index in [0.29, 0.717) is 12.1 Å². The molecule has 0 amide bonds. The van der Waals surface area contributed by atoms with E-state index in [4.69, 9.17) is 17.3 Å². The number of benzene rings is 2. The number of aromatic nitrogens is 3. The molecule has 0 saturated carbocycles. The van der Waals surface area contributed by atoms with Crippen LogP contribution in [0.2, 0.25) is 5.02 Å². The summed E-state index contributed by atoms with van der Waals surface area (Å²) >= 11 is 6.06. The van der Waals surface area contributed by atoms with Gasteiger partial charge >= 0.3 is 12.4 Å². The molecular weight excluding hydrogens is 440 g/mol. The third-order valence-electron chi connectivity index (χ3n) is 3.95. The molecule has 6 nitrogen and oxygen atoms in total. The molecule has 3 aromatic rings. The molecule has 0 fully saturated rings. The lowest BCUT2D eigenvalue weighted by molar-refractivity contribution is -0.138. The van der Waals surface area contributed by atoms with Crippen molar-refractivity contribution in [3.05, 3.63) is 46.5 Å². The number of nitrogen functional groups attached to an aromatic ring is 1. The average molecular weight is 452 g/mol. The van der Waals surface area contributed by atoms with Gasteiger partial charge in [0.25, 0.3) is 0 Å². The van der Waals surface area contributed by atoms with Gasteiger partial charge in [0.05, 0.1) is 23.3 Å². The van der Waals surface area contributed by atoms with Crippen LogP contribution in [0.15, 0.2) is 30.3 Å². The van der Waals surface area contributed by atoms with Crippen molar-refractivity contribution in [1.82, 2.24) is 15.2 Å². The largest absolute Gasteiger partial charge is 0.496 e. The van der Waals surface area contributed by atoms with Crippen LogP contribution in [-0.2, 0) is 12.4 Å². The second-order valence-electron chi connectivity index (χ2n) is 5.96. The molecule has 1 heterocycles. The molecule has 0 bridgehead atoms. The molecule has 1 aromatic heterocycles. The van der Waals surface area contributed by atoms with Crippen molar-refractivity contribution in [2.24, 2.45) is 0 Å². The van der Waals surface area contributed by atoms with Crippen LogP contribution in [-0.4, -0.2) is 22.3 Å². The molecule has 0 radical (unpaired) electrons. The smallest absolute Gasteiger partial charge is 0.419 e. The van der Waals surface area contributed by atoms with E-state index in [0.717, 1.165) is 25.3 Å². The first-order valence-corrected chi connectivity index (χ1v) is 8.39. The Morgan fingerprint density at radius 2 is 1.70 bits per heavy atom. The van der Waals surface area contributed by atoms with E-state index in [1.165, 1.54) is 0 Å². The highest BCUT2D eigenvalue weighted by atomic mass is 35.5. The summed E-state index contributed by atoms with van der Waals surface area (Å²) < 4.78 is 85.8. The Morgan fingerprint density at radius 3 is 2.23 bits per heavy atom. The van der Waals surface area contributed by atoms with Crippen LogP contribution in [0, 0.1) is 0 Å². The minimum absolute atomic E-state index is 0.0748. The average Bonchev–Trinajstić information content (AvgIpc) is 3.04. The Bertz CT molecular complexity index is 1080. The number of alkyl halides is 6. The Kier molecular flexibility index (Phi) is 5.46. The van der Waals surface area contributed by atoms with Crippen molar-refractivity contribution < 1.29 is 31.1 Å². The van der Waals surface area contributed by atoms with Crippen molar-refractivity contribution in [2.75, 3.05) is 18.2 Å². The third kappa shape index (κ3) is 4.37. The van der Waals surface area contributed by atoms with E-state index < -0.39 is 39.8 Å². The van der Waals surface area contributed by atoms with Crippen molar-refractivity contribution in [2.45, 2.75) is 12.4 Å². The number of hydrogen-bond donors (Lipinski definition) is 3. The highest BCUT2D eigenvalue weighted by molar-refractivity contribution is 6.34. The summed E-state index contributed by atoms with van der Waals surface area (Å²) in [5, 5.41) is 7.99. The van der Waals surface area contributed by atoms with Gasteiger partial charge in [-0.1, -0.05) is 17.7 Å². The van der Waals surface area contributed by atoms with Crippen LogP contribution < -0.4 is 15.8 Å². The number of rotatable bonds is 4. The zero-order valence-corrected chi connectivity index (χ0v) is 15.7. The molecule has 0 aliphatic carbocycles. The van der Waals surface area contributed by atoms with Gasteiger partial charge < -0.3 is 15.8 Å². The molecule has 4 N–H and O–H groups in total. The topological polar surface area (TPSA) is 88.8 Å². The number of aromatic amines is 1. The monoisotopic (exact) mass is 451 g/mol. The van der Waals surface area contributed by atoms with E-state index in [1.807, 2.05) is 0 Å². The minimum Gasteiger partial charge on any atom is -0.496 e. The van der Waals surface area contributed by atoms with E-state index in [-0.39, 0.29) is 23.1 Å². The highest BCUT2D eigenvalue weighted by Gasteiger charge is 2.38. The Morgan fingerprint density at radius 1 is 1.03 bits per heavy atom. The van der Waals surface area contributed by atoms with E-state index in [2.05, 4.69) is 25.2 Å². The number of nitrogens with one attached hydrogen (secondary N) is 2. The molecule has 0 spiro atoms. The van der Waals surface area contributed by atoms with Crippen LogP contribution >= 0.6 is 11.6 Å². The number of hydrogen-bond acceptors (Lipinski definition) is 5. The van der Waals surface area contributed by atoms with Crippen molar-refractivity contribution in [3.8, 4) is 16.9 Å². The second kappa shape index (κ2) is 7.59. The van der Waals surface area contributed by atoms with Gasteiger partial charge in [-0.3, -0.25) is 0 Å². The predicted molar refractivity (Wildman–Crippen MR) is 97.5 cm³/mol. The van der Waals surface area contributed by atoms with Gasteiger partial charge in [0.15, 0.2) is 0 Å². The van der Waals surface area contributed by atoms with Crippen molar-refractivity contribution in [1.29, 1.82) is 0 Å². The molecule has 30 heavy (non-hydrogen) atoms. The second-order valence-corrected chi connectivity index (χ2v) is 6.37. The lowest BCUT2D eigenvalue weighted by atomic mass is 9.96. The van der Waals surface area contributed by atoms with Gasteiger partial charge in [0, 0.05) is 11.3 Å². The number of ether oxygens (including phenoxy) is 1. The first kappa shape index (κ1) is 21.6. The van der Waals surface area contributed by atoms with E-state index in [1.54, 1.807) is 0 Å². The lowest BCUT2D eigenvalue weighted by Gasteiger charge is -2.19. The summed E-state index contributed by atoms with van der Waals surface area (Å²) in [6.07, 6.45) is -9.77. The maximum Gasteiger partial charge on any atom is 0.419 e. The summed E-state index contributed by atoms with van der Waals surface area (Å²) in [6.45, 7) is 0. The molecule has 2 aromatic carbocycles. The van der Waals surface area contributed by atoms with Crippen LogP contribution in [0.3, 0.4) is 0 Å². The molecule has 0 saturated heterocycles. The summed E-state index contributed by atoms with van der Waals surface area (Å²) in [6, 6.07) is 4.34. The van der Waals surface area contributed by atoms with Gasteiger partial charge in [-0.15, -0.1) is 5.10 Å². The first-order chi connectivity index (χ1) is 13.9. The van der Waals surface area contributed by atoms with E-state index >= 15 is 0 Å². The maximum absolute atomic E-state index is 13.7.